The number of aryl methyl sites for hydroxylation is 1. The van der Waals surface area contributed by atoms with E-state index < -0.39 is 50.7 Å². The van der Waals surface area contributed by atoms with Crippen molar-refractivity contribution in [3.63, 3.8) is 0 Å². The third-order valence-electron chi connectivity index (χ3n) is 7.40. The molecular formula is C31H29F9O5S. The van der Waals surface area contributed by atoms with Gasteiger partial charge in [-0.05, 0) is 74.4 Å². The Morgan fingerprint density at radius 2 is 1.33 bits per heavy atom. The van der Waals surface area contributed by atoms with Crippen molar-refractivity contribution in [2.75, 3.05) is 7.11 Å². The Kier molecular flexibility index (Phi) is 9.10. The lowest BCUT2D eigenvalue weighted by molar-refractivity contribution is -0.382. The number of methoxy groups -OCH3 is 1. The second-order valence-corrected chi connectivity index (χ2v) is 13.3. The van der Waals surface area contributed by atoms with Gasteiger partial charge in [-0.25, -0.2) is 0 Å². The van der Waals surface area contributed by atoms with E-state index in [9.17, 15) is 47.9 Å². The average molecular weight is 685 g/mol. The first-order chi connectivity index (χ1) is 21.0. The zero-order valence-electron chi connectivity index (χ0n) is 24.8. The van der Waals surface area contributed by atoms with Crippen LogP contribution < -0.4 is 13.7 Å². The summed E-state index contributed by atoms with van der Waals surface area (Å²) < 4.78 is 160. The number of fused-ring (bicyclic) bond motifs is 1. The highest BCUT2D eigenvalue weighted by Crippen LogP contribution is 2.55. The summed E-state index contributed by atoms with van der Waals surface area (Å²) in [4.78, 5) is 0. The van der Waals surface area contributed by atoms with Gasteiger partial charge in [0.1, 0.15) is 22.8 Å². The molecule has 3 aromatic carbocycles. The van der Waals surface area contributed by atoms with E-state index in [0.29, 0.717) is 24.2 Å². The molecule has 46 heavy (non-hydrogen) atoms. The molecule has 0 saturated carbocycles. The molecule has 0 aromatic heterocycles. The molecule has 252 valence electrons. The van der Waals surface area contributed by atoms with Crippen LogP contribution in [0.15, 0.2) is 66.7 Å². The summed E-state index contributed by atoms with van der Waals surface area (Å²) in [5.74, 6) is -16.2. The lowest BCUT2D eigenvalue weighted by Crippen LogP contribution is -2.63. The Balaban J connectivity index is 1.77. The third-order valence-corrected chi connectivity index (χ3v) is 8.70. The largest absolute Gasteiger partial charge is 0.496 e. The standard InChI is InChI=1S/C31H29F9O5S/c1-27(2,3)44-20-11-14-23-19(16-20)10-13-22(18-8-6-5-7-9-18)26(23)24-15-12-21(17-25(24)43-4)45-46(41,42)31(39,40)29(34,35)28(32,33)30(36,37)38/h5-9,11-12,14-17,22,26H,10,13H2,1-4H3/t22-,26+/m1/s1. The average Bonchev–Trinajstić information content (AvgIpc) is 2.95. The third kappa shape index (κ3) is 6.34. The van der Waals surface area contributed by atoms with Gasteiger partial charge >= 0.3 is 33.4 Å². The molecule has 0 fully saturated rings. The van der Waals surface area contributed by atoms with E-state index in [2.05, 4.69) is 4.18 Å². The minimum absolute atomic E-state index is 0.155. The second-order valence-electron chi connectivity index (χ2n) is 11.7. The van der Waals surface area contributed by atoms with Crippen molar-refractivity contribution in [2.45, 2.75) is 74.3 Å². The molecule has 0 radical (unpaired) electrons. The molecule has 15 heteroatoms. The topological polar surface area (TPSA) is 61.8 Å². The fourth-order valence-electron chi connectivity index (χ4n) is 5.35. The Morgan fingerprint density at radius 3 is 1.89 bits per heavy atom. The van der Waals surface area contributed by atoms with E-state index in [4.69, 9.17) is 9.47 Å². The SMILES string of the molecule is COc1cc(OS(=O)(=O)C(F)(F)C(F)(F)C(F)(F)C(F)(F)F)ccc1[C@@H]1c2ccc(OC(C)(C)C)cc2CC[C@@H]1c1ccccc1. The Hall–Kier alpha value is -3.62. The maximum Gasteiger partial charge on any atom is 0.460 e. The van der Waals surface area contributed by atoms with Crippen LogP contribution >= 0.6 is 0 Å². The molecule has 0 N–H and O–H groups in total. The number of hydrogen-bond acceptors (Lipinski definition) is 5. The van der Waals surface area contributed by atoms with Crippen LogP contribution in [-0.2, 0) is 16.5 Å². The molecule has 2 atom stereocenters. The van der Waals surface area contributed by atoms with Crippen LogP contribution in [0.5, 0.6) is 17.2 Å². The molecule has 0 spiro atoms. The second kappa shape index (κ2) is 11.9. The molecule has 0 amide bonds. The minimum atomic E-state index is -7.43. The maximum atomic E-state index is 14.3. The fourth-order valence-corrected chi connectivity index (χ4v) is 6.26. The Bertz CT molecular complexity index is 1670. The van der Waals surface area contributed by atoms with Crippen molar-refractivity contribution >= 4 is 10.1 Å². The van der Waals surface area contributed by atoms with Gasteiger partial charge < -0.3 is 13.7 Å². The van der Waals surface area contributed by atoms with Crippen molar-refractivity contribution in [1.29, 1.82) is 0 Å². The molecule has 0 saturated heterocycles. The summed E-state index contributed by atoms with van der Waals surface area (Å²) in [5, 5.41) is -7.00. The summed E-state index contributed by atoms with van der Waals surface area (Å²) in [5.41, 5.74) is 2.56. The molecule has 5 nitrogen and oxygen atoms in total. The number of benzene rings is 3. The zero-order valence-corrected chi connectivity index (χ0v) is 25.6. The molecule has 0 bridgehead atoms. The van der Waals surface area contributed by atoms with Gasteiger partial charge in [-0.3, -0.25) is 0 Å². The molecule has 1 aliphatic carbocycles. The lowest BCUT2D eigenvalue weighted by Gasteiger charge is -2.36. The van der Waals surface area contributed by atoms with Crippen LogP contribution in [0.3, 0.4) is 0 Å². The number of hydrogen-bond donors (Lipinski definition) is 0. The predicted octanol–water partition coefficient (Wildman–Crippen LogP) is 8.87. The van der Waals surface area contributed by atoms with Crippen LogP contribution in [0, 0.1) is 0 Å². The molecule has 3 aromatic rings. The Labute approximate surface area is 259 Å². The highest BCUT2D eigenvalue weighted by atomic mass is 32.2. The summed E-state index contributed by atoms with van der Waals surface area (Å²) in [6.07, 6.45) is -5.95. The highest BCUT2D eigenvalue weighted by molar-refractivity contribution is 7.88. The van der Waals surface area contributed by atoms with E-state index in [-0.39, 0.29) is 11.7 Å². The smallest absolute Gasteiger partial charge is 0.460 e. The van der Waals surface area contributed by atoms with Crippen LogP contribution in [-0.4, -0.2) is 44.4 Å². The van der Waals surface area contributed by atoms with Gasteiger partial charge in [0.25, 0.3) is 0 Å². The van der Waals surface area contributed by atoms with Crippen LogP contribution in [0.1, 0.15) is 61.3 Å². The van der Waals surface area contributed by atoms with Gasteiger partial charge in [-0.1, -0.05) is 42.5 Å². The van der Waals surface area contributed by atoms with Gasteiger partial charge in [0, 0.05) is 17.5 Å². The van der Waals surface area contributed by atoms with E-state index in [0.717, 1.165) is 35.9 Å². The first kappa shape index (κ1) is 35.2. The van der Waals surface area contributed by atoms with Gasteiger partial charge in [0.2, 0.25) is 0 Å². The van der Waals surface area contributed by atoms with Crippen molar-refractivity contribution in [2.24, 2.45) is 0 Å². The van der Waals surface area contributed by atoms with Crippen LogP contribution in [0.25, 0.3) is 0 Å². The summed E-state index contributed by atoms with van der Waals surface area (Å²) >= 11 is 0. The minimum Gasteiger partial charge on any atom is -0.496 e. The monoisotopic (exact) mass is 684 g/mol. The van der Waals surface area contributed by atoms with Crippen molar-refractivity contribution in [1.82, 2.24) is 0 Å². The summed E-state index contributed by atoms with van der Waals surface area (Å²) in [6.45, 7) is 5.65. The molecule has 0 aliphatic heterocycles. The van der Waals surface area contributed by atoms with Gasteiger partial charge in [-0.2, -0.15) is 47.9 Å². The normalized spacial score (nSPS) is 18.1. The highest BCUT2D eigenvalue weighted by Gasteiger charge is 2.86. The number of ether oxygens (including phenoxy) is 2. The van der Waals surface area contributed by atoms with E-state index in [1.165, 1.54) is 6.07 Å². The van der Waals surface area contributed by atoms with Crippen molar-refractivity contribution < 1.29 is 61.6 Å². The number of alkyl halides is 9. The van der Waals surface area contributed by atoms with E-state index in [1.54, 1.807) is 6.07 Å². The van der Waals surface area contributed by atoms with Gasteiger partial charge in [-0.15, -0.1) is 0 Å². The molecule has 0 unspecified atom stereocenters. The van der Waals surface area contributed by atoms with Gasteiger partial charge in [0.05, 0.1) is 7.11 Å². The molecule has 1 aliphatic rings. The zero-order chi connectivity index (χ0) is 34.5. The van der Waals surface area contributed by atoms with E-state index in [1.807, 2.05) is 63.2 Å². The Morgan fingerprint density at radius 1 is 0.739 bits per heavy atom. The summed E-state index contributed by atoms with van der Waals surface area (Å²) in [6, 6.07) is 17.5. The van der Waals surface area contributed by atoms with Gasteiger partial charge in [0.15, 0.2) is 0 Å². The number of halogens is 9. The first-order valence-corrected chi connectivity index (χ1v) is 15.1. The fraction of sp³-hybridized carbons (Fsp3) is 0.419. The first-order valence-electron chi connectivity index (χ1n) is 13.7. The predicted molar refractivity (Wildman–Crippen MR) is 150 cm³/mol. The van der Waals surface area contributed by atoms with Crippen LogP contribution in [0.4, 0.5) is 39.5 Å². The lowest BCUT2D eigenvalue weighted by atomic mass is 9.69. The van der Waals surface area contributed by atoms with E-state index >= 15 is 0 Å². The maximum absolute atomic E-state index is 14.3. The van der Waals surface area contributed by atoms with Crippen molar-refractivity contribution in [3.05, 3.63) is 89.0 Å². The summed E-state index contributed by atoms with van der Waals surface area (Å²) in [7, 11) is -5.99. The van der Waals surface area contributed by atoms with Crippen LogP contribution in [0.2, 0.25) is 0 Å². The van der Waals surface area contributed by atoms with Crippen molar-refractivity contribution in [3.8, 4) is 17.2 Å². The molecular weight excluding hydrogens is 655 g/mol. The quantitative estimate of drug-likeness (QED) is 0.167. The molecule has 0 heterocycles. The number of rotatable bonds is 9. The molecule has 4 rings (SSSR count).